The number of hydrogen-bond donors (Lipinski definition) is 2. The fourth-order valence-electron chi connectivity index (χ4n) is 3.02. The first-order valence-corrected chi connectivity index (χ1v) is 10.5. The first-order valence-electron chi connectivity index (χ1n) is 9.44. The minimum absolute atomic E-state index is 0.0358. The number of imide groups is 1. The number of rotatable bonds is 7. The molecule has 3 amide bonds. The van der Waals surface area contributed by atoms with Gasteiger partial charge in [0, 0.05) is 17.8 Å². The smallest absolute Gasteiger partial charge is 0.282 e. The van der Waals surface area contributed by atoms with Crippen LogP contribution in [0, 0.1) is 13.7 Å². The largest absolute Gasteiger partial charge is 0.484 e. The summed E-state index contributed by atoms with van der Waals surface area (Å²) < 4.78 is 11.5. The summed E-state index contributed by atoms with van der Waals surface area (Å²) in [6.45, 7) is -0.276. The normalized spacial score (nSPS) is 12.0. The molecule has 0 aromatic heterocycles. The van der Waals surface area contributed by atoms with Gasteiger partial charge in [-0.15, -0.1) is 0 Å². The lowest BCUT2D eigenvalue weighted by atomic mass is 10.1. The second kappa shape index (κ2) is 9.24. The van der Waals surface area contributed by atoms with Crippen molar-refractivity contribution < 1.29 is 28.8 Å². The van der Waals surface area contributed by atoms with Gasteiger partial charge in [0.25, 0.3) is 23.4 Å². The summed E-state index contributed by atoms with van der Waals surface area (Å²) in [7, 11) is 0. The number of benzene rings is 3. The fourth-order valence-corrected chi connectivity index (χ4v) is 3.71. The maximum atomic E-state index is 12.1. The van der Waals surface area contributed by atoms with Crippen LogP contribution in [0.2, 0.25) is 0 Å². The molecule has 0 saturated carbocycles. The van der Waals surface area contributed by atoms with E-state index in [4.69, 9.17) is 9.47 Å². The highest BCUT2D eigenvalue weighted by Crippen LogP contribution is 2.28. The second-order valence-corrected chi connectivity index (χ2v) is 7.99. The van der Waals surface area contributed by atoms with Crippen LogP contribution in [0.3, 0.4) is 0 Å². The van der Waals surface area contributed by atoms with Crippen molar-refractivity contribution in [2.45, 2.75) is 0 Å². The Hall–Kier alpha value is -4.00. The molecule has 166 valence electrons. The number of fused-ring (bicyclic) bond motifs is 1. The number of ether oxygens (including phenoxy) is 2. The highest BCUT2D eigenvalue weighted by Gasteiger charge is 2.27. The van der Waals surface area contributed by atoms with Gasteiger partial charge in [-0.25, -0.2) is 0 Å². The van der Waals surface area contributed by atoms with Crippen LogP contribution in [0.4, 0.5) is 11.4 Å². The Kier molecular flexibility index (Phi) is 6.22. The van der Waals surface area contributed by atoms with E-state index in [0.29, 0.717) is 32.1 Å². The van der Waals surface area contributed by atoms with Gasteiger partial charge in [0.2, 0.25) is 0 Å². The lowest BCUT2D eigenvalue weighted by molar-refractivity contribution is -0.385. The first-order chi connectivity index (χ1) is 15.8. The highest BCUT2D eigenvalue weighted by molar-refractivity contribution is 14.1. The zero-order valence-corrected chi connectivity index (χ0v) is 18.8. The second-order valence-electron chi connectivity index (χ2n) is 6.82. The van der Waals surface area contributed by atoms with Crippen molar-refractivity contribution in [1.82, 2.24) is 5.32 Å². The van der Waals surface area contributed by atoms with Crippen molar-refractivity contribution in [1.29, 1.82) is 0 Å². The SMILES string of the molecule is O=C(COc1ccc([N+](=O)[O-])c(I)c1)Nc1ccc(Oc2ccc3c(c2)C(=O)NC3=O)cc1. The molecule has 0 spiro atoms. The molecule has 1 aliphatic rings. The monoisotopic (exact) mass is 559 g/mol. The summed E-state index contributed by atoms with van der Waals surface area (Å²) in [5.41, 5.74) is 1.03. The van der Waals surface area contributed by atoms with E-state index in [1.807, 2.05) is 22.6 Å². The number of carbonyl (C=O) groups excluding carboxylic acids is 3. The van der Waals surface area contributed by atoms with Crippen LogP contribution >= 0.6 is 22.6 Å². The Labute approximate surface area is 200 Å². The number of nitrogens with zero attached hydrogens (tertiary/aromatic N) is 1. The summed E-state index contributed by atoms with van der Waals surface area (Å²) in [6.07, 6.45) is 0. The predicted octanol–water partition coefficient (Wildman–Crippen LogP) is 3.89. The fraction of sp³-hybridized carbons (Fsp3) is 0.0455. The van der Waals surface area contributed by atoms with Gasteiger partial charge in [-0.3, -0.25) is 29.8 Å². The van der Waals surface area contributed by atoms with Gasteiger partial charge >= 0.3 is 0 Å². The minimum atomic E-state index is -0.492. The standard InChI is InChI=1S/C22H14IN3O7/c23-18-10-14(6-8-19(18)26(30)31)32-11-20(27)24-12-1-3-13(4-2-12)33-15-5-7-16-17(9-15)22(29)25-21(16)28/h1-10H,11H2,(H,24,27)(H,25,28,29). The van der Waals surface area contributed by atoms with Crippen LogP contribution < -0.4 is 20.1 Å². The van der Waals surface area contributed by atoms with Gasteiger partial charge in [-0.1, -0.05) is 0 Å². The summed E-state index contributed by atoms with van der Waals surface area (Å²) >= 11 is 1.83. The molecular weight excluding hydrogens is 545 g/mol. The third kappa shape index (κ3) is 5.09. The Bertz CT molecular complexity index is 1290. The predicted molar refractivity (Wildman–Crippen MR) is 125 cm³/mol. The zero-order chi connectivity index (χ0) is 23.5. The quantitative estimate of drug-likeness (QED) is 0.194. The summed E-state index contributed by atoms with van der Waals surface area (Å²) in [5, 5.41) is 15.7. The van der Waals surface area contributed by atoms with E-state index in [-0.39, 0.29) is 17.9 Å². The maximum absolute atomic E-state index is 12.1. The van der Waals surface area contributed by atoms with Gasteiger partial charge in [-0.05, 0) is 71.1 Å². The van der Waals surface area contributed by atoms with E-state index in [9.17, 15) is 24.5 Å². The van der Waals surface area contributed by atoms with Gasteiger partial charge in [0.05, 0.1) is 19.6 Å². The van der Waals surface area contributed by atoms with Crippen molar-refractivity contribution in [2.75, 3.05) is 11.9 Å². The lowest BCUT2D eigenvalue weighted by Gasteiger charge is -2.10. The molecule has 33 heavy (non-hydrogen) atoms. The van der Waals surface area contributed by atoms with Crippen molar-refractivity contribution in [2.24, 2.45) is 0 Å². The third-order valence-corrected chi connectivity index (χ3v) is 5.43. The maximum Gasteiger partial charge on any atom is 0.282 e. The molecule has 3 aromatic carbocycles. The summed E-state index contributed by atoms with van der Waals surface area (Å²) in [5.74, 6) is -0.117. The number of amides is 3. The Morgan fingerprint density at radius 1 is 0.939 bits per heavy atom. The molecule has 10 nitrogen and oxygen atoms in total. The molecule has 0 unspecified atom stereocenters. The minimum Gasteiger partial charge on any atom is -0.484 e. The molecule has 11 heteroatoms. The molecular formula is C22H14IN3O7. The molecule has 1 heterocycles. The van der Waals surface area contributed by atoms with Gasteiger partial charge in [0.1, 0.15) is 17.2 Å². The molecule has 0 saturated heterocycles. The molecule has 0 atom stereocenters. The first kappa shape index (κ1) is 22.2. The summed E-state index contributed by atoms with van der Waals surface area (Å²) in [6, 6.07) is 15.4. The van der Waals surface area contributed by atoms with Gasteiger partial charge < -0.3 is 14.8 Å². The number of nitrogens with one attached hydrogen (secondary N) is 2. The molecule has 0 bridgehead atoms. The molecule has 0 fully saturated rings. The van der Waals surface area contributed by atoms with E-state index in [1.54, 1.807) is 30.3 Å². The highest BCUT2D eigenvalue weighted by atomic mass is 127. The van der Waals surface area contributed by atoms with E-state index >= 15 is 0 Å². The number of carbonyl (C=O) groups is 3. The van der Waals surface area contributed by atoms with Crippen molar-refractivity contribution in [3.8, 4) is 17.2 Å². The average molecular weight is 559 g/mol. The zero-order valence-electron chi connectivity index (χ0n) is 16.7. The Morgan fingerprint density at radius 2 is 1.61 bits per heavy atom. The van der Waals surface area contributed by atoms with E-state index < -0.39 is 22.6 Å². The van der Waals surface area contributed by atoms with Crippen molar-refractivity contribution >= 4 is 51.7 Å². The third-order valence-electron chi connectivity index (χ3n) is 4.57. The molecule has 3 aromatic rings. The number of halogens is 1. The molecule has 1 aliphatic heterocycles. The van der Waals surface area contributed by atoms with Crippen molar-refractivity contribution in [3.05, 3.63) is 85.5 Å². The van der Waals surface area contributed by atoms with Crippen LogP contribution in [0.1, 0.15) is 20.7 Å². The number of nitro benzene ring substituents is 1. The average Bonchev–Trinajstić information content (AvgIpc) is 3.06. The number of hydrogen-bond acceptors (Lipinski definition) is 7. The molecule has 0 radical (unpaired) electrons. The summed E-state index contributed by atoms with van der Waals surface area (Å²) in [4.78, 5) is 45.9. The number of nitro groups is 1. The Morgan fingerprint density at radius 3 is 2.30 bits per heavy atom. The molecule has 2 N–H and O–H groups in total. The van der Waals surface area contributed by atoms with Crippen LogP contribution in [0.25, 0.3) is 0 Å². The van der Waals surface area contributed by atoms with Crippen LogP contribution in [0.15, 0.2) is 60.7 Å². The van der Waals surface area contributed by atoms with E-state index in [1.165, 1.54) is 30.3 Å². The Balaban J connectivity index is 1.32. The topological polar surface area (TPSA) is 137 Å². The molecule has 0 aliphatic carbocycles. The van der Waals surface area contributed by atoms with Crippen LogP contribution in [-0.2, 0) is 4.79 Å². The van der Waals surface area contributed by atoms with Gasteiger partial charge in [0.15, 0.2) is 6.61 Å². The van der Waals surface area contributed by atoms with Crippen molar-refractivity contribution in [3.63, 3.8) is 0 Å². The van der Waals surface area contributed by atoms with Gasteiger partial charge in [-0.2, -0.15) is 0 Å². The van der Waals surface area contributed by atoms with Crippen LogP contribution in [-0.4, -0.2) is 29.3 Å². The lowest BCUT2D eigenvalue weighted by Crippen LogP contribution is -2.20. The van der Waals surface area contributed by atoms with Crippen LogP contribution in [0.5, 0.6) is 17.2 Å². The molecule has 4 rings (SSSR count). The van der Waals surface area contributed by atoms with E-state index in [2.05, 4.69) is 10.6 Å². The number of anilines is 1. The van der Waals surface area contributed by atoms with E-state index in [0.717, 1.165) is 0 Å².